The molecule has 1 aromatic carbocycles. The minimum Gasteiger partial charge on any atom is -0.465 e. The number of benzene rings is 1. The summed E-state index contributed by atoms with van der Waals surface area (Å²) in [5.41, 5.74) is 1.71. The molecule has 0 atom stereocenters. The summed E-state index contributed by atoms with van der Waals surface area (Å²) in [6.07, 6.45) is -0.996. The quantitative estimate of drug-likeness (QED) is 0.672. The Morgan fingerprint density at radius 3 is 2.72 bits per heavy atom. The van der Waals surface area contributed by atoms with Crippen molar-refractivity contribution >= 4 is 17.8 Å². The van der Waals surface area contributed by atoms with Crippen LogP contribution in [-0.2, 0) is 16.1 Å². The number of nitrogens with zero attached hydrogens (tertiary/aromatic N) is 3. The van der Waals surface area contributed by atoms with Crippen LogP contribution in [0.3, 0.4) is 0 Å². The Bertz CT molecular complexity index is 630. The predicted molar refractivity (Wildman–Crippen MR) is 93.8 cm³/mol. The maximum absolute atomic E-state index is 12.0. The topological polar surface area (TPSA) is 94.5 Å². The molecule has 0 radical (unpaired) electrons. The van der Waals surface area contributed by atoms with Gasteiger partial charge in [-0.2, -0.15) is 0 Å². The molecule has 0 spiro atoms. The molecule has 136 valence electrons. The zero-order valence-electron chi connectivity index (χ0n) is 14.6. The largest absolute Gasteiger partial charge is 0.465 e. The third-order valence-corrected chi connectivity index (χ3v) is 3.85. The number of nitrogens with one attached hydrogen (secondary N) is 1. The van der Waals surface area contributed by atoms with Gasteiger partial charge in [-0.25, -0.2) is 4.79 Å². The van der Waals surface area contributed by atoms with Crippen molar-refractivity contribution in [3.8, 4) is 0 Å². The van der Waals surface area contributed by atoms with Crippen LogP contribution in [0, 0.1) is 0 Å². The lowest BCUT2D eigenvalue weighted by Crippen LogP contribution is -2.33. The monoisotopic (exact) mass is 348 g/mol. The molecule has 1 aromatic rings. The van der Waals surface area contributed by atoms with Crippen molar-refractivity contribution in [2.45, 2.75) is 6.54 Å². The van der Waals surface area contributed by atoms with Crippen LogP contribution in [0.5, 0.6) is 0 Å². The maximum Gasteiger partial charge on any atom is 0.413 e. The van der Waals surface area contributed by atoms with Gasteiger partial charge >= 0.3 is 6.09 Å². The first-order valence-corrected chi connectivity index (χ1v) is 8.13. The van der Waals surface area contributed by atoms with Crippen LogP contribution in [-0.4, -0.2) is 79.7 Å². The maximum atomic E-state index is 12.0. The number of carbonyl (C=O) groups is 2. The molecule has 8 nitrogen and oxygen atoms in total. The number of carboxylic acid groups (broad SMARTS) is 1. The molecule has 0 saturated heterocycles. The zero-order chi connectivity index (χ0) is 18.2. The van der Waals surface area contributed by atoms with Crippen molar-refractivity contribution in [1.29, 1.82) is 0 Å². The van der Waals surface area contributed by atoms with Crippen molar-refractivity contribution < 1.29 is 19.4 Å². The van der Waals surface area contributed by atoms with Gasteiger partial charge in [-0.05, 0) is 12.6 Å². The summed E-state index contributed by atoms with van der Waals surface area (Å²) in [4.78, 5) is 30.3. The standard InChI is InChI=1S/C17H24N4O4/c1-18-8-10-25-12-15(22)20(2)11-13-3-5-14(6-4-13)16-19-7-9-21(16)17(23)24/h3-6,18H,7-12H2,1-2H3,(H,23,24). The molecule has 2 N–H and O–H groups in total. The second-order valence-electron chi connectivity index (χ2n) is 5.74. The average Bonchev–Trinajstić information content (AvgIpc) is 3.09. The Labute approximate surface area is 147 Å². The van der Waals surface area contributed by atoms with Gasteiger partial charge in [0.15, 0.2) is 0 Å². The number of likely N-dealkylation sites (N-methyl/N-ethyl adjacent to an activating group) is 2. The Morgan fingerprint density at radius 1 is 1.36 bits per heavy atom. The number of rotatable bonds is 8. The number of amidine groups is 1. The Kier molecular flexibility index (Phi) is 6.91. The van der Waals surface area contributed by atoms with E-state index >= 15 is 0 Å². The van der Waals surface area contributed by atoms with Gasteiger partial charge in [0, 0.05) is 25.7 Å². The normalized spacial score (nSPS) is 13.7. The van der Waals surface area contributed by atoms with Crippen LogP contribution in [0.15, 0.2) is 29.3 Å². The number of hydrogen-bond donors (Lipinski definition) is 2. The van der Waals surface area contributed by atoms with E-state index in [9.17, 15) is 9.59 Å². The molecule has 0 aliphatic carbocycles. The first-order chi connectivity index (χ1) is 12.0. The van der Waals surface area contributed by atoms with E-state index < -0.39 is 6.09 Å². The summed E-state index contributed by atoms with van der Waals surface area (Å²) in [6, 6.07) is 7.41. The van der Waals surface area contributed by atoms with Gasteiger partial charge in [0.2, 0.25) is 5.91 Å². The Hall–Kier alpha value is -2.45. The van der Waals surface area contributed by atoms with Crippen LogP contribution in [0.25, 0.3) is 0 Å². The average molecular weight is 348 g/mol. The van der Waals surface area contributed by atoms with Gasteiger partial charge in [-0.15, -0.1) is 0 Å². The summed E-state index contributed by atoms with van der Waals surface area (Å²) in [7, 11) is 3.55. The fraction of sp³-hybridized carbons (Fsp3) is 0.471. The van der Waals surface area contributed by atoms with Crippen molar-refractivity contribution in [1.82, 2.24) is 15.1 Å². The molecule has 0 fully saturated rings. The number of aliphatic imine (C=N–C) groups is 1. The molecule has 0 aromatic heterocycles. The van der Waals surface area contributed by atoms with E-state index in [1.165, 1.54) is 4.90 Å². The molecular weight excluding hydrogens is 324 g/mol. The van der Waals surface area contributed by atoms with Gasteiger partial charge < -0.3 is 20.1 Å². The minimum absolute atomic E-state index is 0.0562. The van der Waals surface area contributed by atoms with Crippen LogP contribution in [0.1, 0.15) is 11.1 Å². The second-order valence-corrected chi connectivity index (χ2v) is 5.74. The zero-order valence-corrected chi connectivity index (χ0v) is 14.6. The molecule has 25 heavy (non-hydrogen) atoms. The van der Waals surface area contributed by atoms with E-state index in [2.05, 4.69) is 10.3 Å². The molecule has 1 aliphatic rings. The summed E-state index contributed by atoms with van der Waals surface area (Å²) in [6.45, 7) is 2.58. The lowest BCUT2D eigenvalue weighted by atomic mass is 10.1. The van der Waals surface area contributed by atoms with Crippen molar-refractivity contribution in [2.24, 2.45) is 4.99 Å². The third-order valence-electron chi connectivity index (χ3n) is 3.85. The van der Waals surface area contributed by atoms with Crippen molar-refractivity contribution in [2.75, 3.05) is 46.9 Å². The summed E-state index contributed by atoms with van der Waals surface area (Å²) < 4.78 is 5.28. The van der Waals surface area contributed by atoms with E-state index in [0.29, 0.717) is 38.6 Å². The van der Waals surface area contributed by atoms with Gasteiger partial charge in [0.05, 0.1) is 19.7 Å². The van der Waals surface area contributed by atoms with Crippen molar-refractivity contribution in [3.63, 3.8) is 0 Å². The van der Waals surface area contributed by atoms with Crippen LogP contribution >= 0.6 is 0 Å². The lowest BCUT2D eigenvalue weighted by molar-refractivity contribution is -0.135. The molecule has 0 bridgehead atoms. The number of amides is 2. The highest BCUT2D eigenvalue weighted by Crippen LogP contribution is 2.14. The highest BCUT2D eigenvalue weighted by Gasteiger charge is 2.24. The first kappa shape index (κ1) is 18.9. The fourth-order valence-electron chi connectivity index (χ4n) is 2.45. The van der Waals surface area contributed by atoms with Gasteiger partial charge in [-0.1, -0.05) is 24.3 Å². The third kappa shape index (κ3) is 5.27. The number of hydrogen-bond acceptors (Lipinski definition) is 5. The van der Waals surface area contributed by atoms with Crippen LogP contribution < -0.4 is 5.32 Å². The molecule has 0 saturated carbocycles. The lowest BCUT2D eigenvalue weighted by Gasteiger charge is -2.18. The SMILES string of the molecule is CNCCOCC(=O)N(C)Cc1ccc(C2=NCCN2C(=O)O)cc1. The molecule has 8 heteroatoms. The van der Waals surface area contributed by atoms with Gasteiger partial charge in [0.25, 0.3) is 0 Å². The highest BCUT2D eigenvalue weighted by atomic mass is 16.5. The summed E-state index contributed by atoms with van der Waals surface area (Å²) >= 11 is 0. The molecule has 0 unspecified atom stereocenters. The van der Waals surface area contributed by atoms with E-state index in [1.807, 2.05) is 31.3 Å². The van der Waals surface area contributed by atoms with E-state index in [4.69, 9.17) is 9.84 Å². The highest BCUT2D eigenvalue weighted by molar-refractivity contribution is 6.07. The molecular formula is C17H24N4O4. The smallest absolute Gasteiger partial charge is 0.413 e. The predicted octanol–water partition coefficient (Wildman–Crippen LogP) is 0.621. The first-order valence-electron chi connectivity index (χ1n) is 8.13. The van der Waals surface area contributed by atoms with E-state index in [1.54, 1.807) is 11.9 Å². The van der Waals surface area contributed by atoms with E-state index in [-0.39, 0.29) is 12.5 Å². The molecule has 2 rings (SSSR count). The second kappa shape index (κ2) is 9.14. The molecule has 1 heterocycles. The van der Waals surface area contributed by atoms with Gasteiger partial charge in [0.1, 0.15) is 12.4 Å². The minimum atomic E-state index is -0.996. The molecule has 1 aliphatic heterocycles. The van der Waals surface area contributed by atoms with Crippen molar-refractivity contribution in [3.05, 3.63) is 35.4 Å². The molecule has 2 amide bonds. The van der Waals surface area contributed by atoms with Crippen LogP contribution in [0.4, 0.5) is 4.79 Å². The fourth-order valence-corrected chi connectivity index (χ4v) is 2.45. The summed E-state index contributed by atoms with van der Waals surface area (Å²) in [5, 5.41) is 12.1. The Balaban J connectivity index is 1.89. The summed E-state index contributed by atoms with van der Waals surface area (Å²) in [5.74, 6) is 0.388. The van der Waals surface area contributed by atoms with Gasteiger partial charge in [-0.3, -0.25) is 14.7 Å². The van der Waals surface area contributed by atoms with Crippen LogP contribution in [0.2, 0.25) is 0 Å². The Morgan fingerprint density at radius 2 is 2.08 bits per heavy atom. The van der Waals surface area contributed by atoms with E-state index in [0.717, 1.165) is 11.1 Å². The number of carbonyl (C=O) groups excluding carboxylic acids is 1. The number of ether oxygens (including phenoxy) is 1.